The molecule has 0 aliphatic rings. The maximum atomic E-state index is 8.35. The van der Waals surface area contributed by atoms with E-state index in [1.807, 2.05) is 0 Å². The van der Waals surface area contributed by atoms with Crippen LogP contribution >= 0.6 is 11.3 Å². The molecule has 1 aromatic heterocycles. The zero-order valence-electron chi connectivity index (χ0n) is 5.27. The number of rotatable bonds is 0. The van der Waals surface area contributed by atoms with Crippen LogP contribution in [0.15, 0.2) is 5.16 Å². The zero-order chi connectivity index (χ0) is 7.56. The van der Waals surface area contributed by atoms with E-state index in [2.05, 4.69) is 15.4 Å². The van der Waals surface area contributed by atoms with E-state index in [9.17, 15) is 0 Å². The van der Waals surface area contributed by atoms with E-state index in [1.165, 1.54) is 0 Å². The molecule has 0 saturated heterocycles. The Morgan fingerprint density at radius 3 is 2.80 bits per heavy atom. The third kappa shape index (κ3) is 1.21. The number of aromatic nitrogens is 2. The van der Waals surface area contributed by atoms with Crippen LogP contribution in [0.2, 0.25) is 0 Å². The summed E-state index contributed by atoms with van der Waals surface area (Å²) in [5.41, 5.74) is 5.85. The van der Waals surface area contributed by atoms with Gasteiger partial charge >= 0.3 is 0 Å². The topological polar surface area (TPSA) is 84.4 Å². The molecule has 0 fully saturated rings. The van der Waals surface area contributed by atoms with Crippen molar-refractivity contribution >= 4 is 16.5 Å². The van der Waals surface area contributed by atoms with Gasteiger partial charge in [0.25, 0.3) is 0 Å². The van der Waals surface area contributed by atoms with Crippen molar-refractivity contribution in [2.24, 2.45) is 5.16 Å². The third-order valence-electron chi connectivity index (χ3n) is 0.900. The lowest BCUT2D eigenvalue weighted by atomic mass is 10.6. The summed E-state index contributed by atoms with van der Waals surface area (Å²) in [6.45, 7) is 1.69. The highest BCUT2D eigenvalue weighted by Crippen LogP contribution is 1.96. The van der Waals surface area contributed by atoms with Crippen molar-refractivity contribution in [2.45, 2.75) is 6.92 Å². The number of hydrogen-bond acceptors (Lipinski definition) is 6. The average Bonchev–Trinajstić information content (AvgIpc) is 1.94. The molecule has 0 aliphatic heterocycles. The van der Waals surface area contributed by atoms with E-state index in [4.69, 9.17) is 10.9 Å². The SMILES string of the molecule is Cc1nnc(N)s/c1=N/O. The van der Waals surface area contributed by atoms with Gasteiger partial charge in [0, 0.05) is 0 Å². The van der Waals surface area contributed by atoms with Gasteiger partial charge in [0.2, 0.25) is 5.13 Å². The smallest absolute Gasteiger partial charge is 0.203 e. The summed E-state index contributed by atoms with van der Waals surface area (Å²) >= 11 is 1.09. The van der Waals surface area contributed by atoms with Crippen molar-refractivity contribution in [3.8, 4) is 0 Å². The lowest BCUT2D eigenvalue weighted by Crippen LogP contribution is -2.08. The van der Waals surface area contributed by atoms with Crippen molar-refractivity contribution in [3.63, 3.8) is 0 Å². The molecule has 0 radical (unpaired) electrons. The van der Waals surface area contributed by atoms with Gasteiger partial charge in [-0.15, -0.1) is 10.2 Å². The number of nitrogen functional groups attached to an aromatic ring is 1. The number of nitrogens with zero attached hydrogens (tertiary/aromatic N) is 3. The second-order valence-electron chi connectivity index (χ2n) is 1.63. The summed E-state index contributed by atoms with van der Waals surface area (Å²) in [4.78, 5) is 0. The van der Waals surface area contributed by atoms with Crippen molar-refractivity contribution in [2.75, 3.05) is 5.73 Å². The van der Waals surface area contributed by atoms with Crippen LogP contribution in [0, 0.1) is 6.92 Å². The molecule has 0 saturated carbocycles. The third-order valence-corrected chi connectivity index (χ3v) is 1.76. The molecule has 54 valence electrons. The highest BCUT2D eigenvalue weighted by atomic mass is 32.1. The number of aryl methyl sites for hydroxylation is 1. The molecule has 0 aromatic carbocycles. The maximum Gasteiger partial charge on any atom is 0.203 e. The molecule has 1 heterocycles. The molecule has 0 unspecified atom stereocenters. The molecule has 0 atom stereocenters. The number of nitrogens with two attached hydrogens (primary N) is 1. The van der Waals surface area contributed by atoms with Crippen LogP contribution in [0.4, 0.5) is 5.13 Å². The number of anilines is 1. The van der Waals surface area contributed by atoms with Gasteiger partial charge in [0.05, 0.1) is 5.69 Å². The van der Waals surface area contributed by atoms with Crippen LogP contribution < -0.4 is 10.4 Å². The van der Waals surface area contributed by atoms with Gasteiger partial charge in [0.1, 0.15) is 0 Å². The molecule has 0 bridgehead atoms. The molecule has 1 aromatic rings. The monoisotopic (exact) mass is 158 g/mol. The predicted molar refractivity (Wildman–Crippen MR) is 36.4 cm³/mol. The van der Waals surface area contributed by atoms with Gasteiger partial charge in [-0.05, 0) is 6.92 Å². The van der Waals surface area contributed by atoms with Crippen molar-refractivity contribution in [1.82, 2.24) is 10.2 Å². The Balaban J connectivity index is 3.37. The van der Waals surface area contributed by atoms with E-state index >= 15 is 0 Å². The Hall–Kier alpha value is -1.17. The highest BCUT2D eigenvalue weighted by Gasteiger charge is 1.94. The minimum atomic E-state index is 0.290. The lowest BCUT2D eigenvalue weighted by molar-refractivity contribution is 0.303. The van der Waals surface area contributed by atoms with Crippen LogP contribution in [-0.2, 0) is 0 Å². The first-order valence-electron chi connectivity index (χ1n) is 2.52. The first kappa shape index (κ1) is 6.94. The Morgan fingerprint density at radius 1 is 1.60 bits per heavy atom. The molecule has 0 aliphatic carbocycles. The minimum absolute atomic E-state index is 0.290. The molecular formula is C4H6N4OS. The van der Waals surface area contributed by atoms with Crippen molar-refractivity contribution in [3.05, 3.63) is 10.4 Å². The summed E-state index contributed by atoms with van der Waals surface area (Å²) in [5, 5.41) is 18.8. The minimum Gasteiger partial charge on any atom is -0.410 e. The summed E-state index contributed by atoms with van der Waals surface area (Å²) < 4.78 is 0.396. The molecule has 10 heavy (non-hydrogen) atoms. The molecule has 5 nitrogen and oxygen atoms in total. The van der Waals surface area contributed by atoms with Gasteiger partial charge in [-0.1, -0.05) is 16.5 Å². The quantitative estimate of drug-likeness (QED) is 0.401. The summed E-state index contributed by atoms with van der Waals surface area (Å²) in [7, 11) is 0. The summed E-state index contributed by atoms with van der Waals surface area (Å²) in [6.07, 6.45) is 0. The predicted octanol–water partition coefficient (Wildman–Crippen LogP) is -0.281. The van der Waals surface area contributed by atoms with Gasteiger partial charge < -0.3 is 10.9 Å². The van der Waals surface area contributed by atoms with Gasteiger partial charge in [-0.2, -0.15) is 0 Å². The van der Waals surface area contributed by atoms with E-state index in [0.29, 0.717) is 15.5 Å². The van der Waals surface area contributed by atoms with Crippen LogP contribution in [0.1, 0.15) is 5.69 Å². The van der Waals surface area contributed by atoms with Crippen molar-refractivity contribution in [1.29, 1.82) is 0 Å². The fourth-order valence-electron chi connectivity index (χ4n) is 0.453. The fourth-order valence-corrected chi connectivity index (χ4v) is 0.962. The van der Waals surface area contributed by atoms with E-state index in [-0.39, 0.29) is 0 Å². The van der Waals surface area contributed by atoms with E-state index in [0.717, 1.165) is 11.3 Å². The van der Waals surface area contributed by atoms with Crippen LogP contribution in [-0.4, -0.2) is 15.4 Å². The first-order valence-corrected chi connectivity index (χ1v) is 3.33. The van der Waals surface area contributed by atoms with E-state index in [1.54, 1.807) is 6.92 Å². The zero-order valence-corrected chi connectivity index (χ0v) is 6.09. The van der Waals surface area contributed by atoms with Gasteiger partial charge in [-0.3, -0.25) is 0 Å². The summed E-state index contributed by atoms with van der Waals surface area (Å²) in [6, 6.07) is 0. The molecule has 6 heteroatoms. The average molecular weight is 158 g/mol. The fraction of sp³-hybridized carbons (Fsp3) is 0.250. The molecule has 0 spiro atoms. The summed E-state index contributed by atoms with van der Waals surface area (Å²) in [5.74, 6) is 0. The van der Waals surface area contributed by atoms with Gasteiger partial charge in [-0.25, -0.2) is 0 Å². The second-order valence-corrected chi connectivity index (χ2v) is 2.64. The first-order chi connectivity index (χ1) is 4.74. The Kier molecular flexibility index (Phi) is 1.81. The highest BCUT2D eigenvalue weighted by molar-refractivity contribution is 7.12. The second kappa shape index (κ2) is 2.61. The Morgan fingerprint density at radius 2 is 2.30 bits per heavy atom. The van der Waals surface area contributed by atoms with Gasteiger partial charge in [0.15, 0.2) is 4.67 Å². The largest absolute Gasteiger partial charge is 0.410 e. The number of hydrogen-bond donors (Lipinski definition) is 2. The molecule has 0 amide bonds. The lowest BCUT2D eigenvalue weighted by Gasteiger charge is -1.89. The van der Waals surface area contributed by atoms with Crippen molar-refractivity contribution < 1.29 is 5.21 Å². The molecular weight excluding hydrogens is 152 g/mol. The molecule has 3 N–H and O–H groups in total. The van der Waals surface area contributed by atoms with Crippen LogP contribution in [0.5, 0.6) is 0 Å². The Labute approximate surface area is 60.8 Å². The Bertz CT molecular complexity index is 294. The van der Waals surface area contributed by atoms with Crippen LogP contribution in [0.25, 0.3) is 0 Å². The normalized spacial score (nSPS) is 11.9. The molecule has 1 rings (SSSR count). The maximum absolute atomic E-state index is 8.35. The van der Waals surface area contributed by atoms with E-state index < -0.39 is 0 Å². The van der Waals surface area contributed by atoms with Crippen LogP contribution in [0.3, 0.4) is 0 Å². The standard InChI is InChI=1S/C4H6N4OS/c1-2-3(8-9)10-4(5)7-6-2/h9H,1H3,(H2,5,7)/b8-3+.